The van der Waals surface area contributed by atoms with E-state index in [4.69, 9.17) is 5.73 Å². The first-order chi connectivity index (χ1) is 8.97. The van der Waals surface area contributed by atoms with E-state index in [-0.39, 0.29) is 22.7 Å². The number of hydrogen-bond donors (Lipinski definition) is 3. The standard InChI is InChI=1S/C14H13FN2O2/c1-8-2-4-10(13(18)6-8)14(19)17-12-5-3-9(16)7-11(12)15/h2-7,18H,16H2,1H3,(H,17,19). The predicted octanol–water partition coefficient (Wildman–Crippen LogP) is 2.67. The molecule has 0 fully saturated rings. The molecule has 0 saturated carbocycles. The zero-order chi connectivity index (χ0) is 14.0. The number of phenolic OH excluding ortho intramolecular Hbond substituents is 1. The number of nitrogens with one attached hydrogen (secondary N) is 1. The Hall–Kier alpha value is -2.56. The van der Waals surface area contributed by atoms with Crippen LogP contribution in [0.5, 0.6) is 5.75 Å². The van der Waals surface area contributed by atoms with Crippen molar-refractivity contribution in [2.75, 3.05) is 11.1 Å². The summed E-state index contributed by atoms with van der Waals surface area (Å²) in [6, 6.07) is 8.60. The van der Waals surface area contributed by atoms with Gasteiger partial charge in [-0.2, -0.15) is 0 Å². The first-order valence-corrected chi connectivity index (χ1v) is 5.63. The van der Waals surface area contributed by atoms with Crippen LogP contribution in [0.2, 0.25) is 0 Å². The van der Waals surface area contributed by atoms with E-state index in [0.717, 1.165) is 11.6 Å². The zero-order valence-electron chi connectivity index (χ0n) is 10.3. The van der Waals surface area contributed by atoms with Gasteiger partial charge in [-0.1, -0.05) is 6.07 Å². The summed E-state index contributed by atoms with van der Waals surface area (Å²) in [5.74, 6) is -1.35. The third kappa shape index (κ3) is 2.82. The fourth-order valence-electron chi connectivity index (χ4n) is 1.66. The lowest BCUT2D eigenvalue weighted by atomic mass is 10.1. The highest BCUT2D eigenvalue weighted by molar-refractivity contribution is 6.06. The number of nitrogen functional groups attached to an aromatic ring is 1. The first kappa shape index (κ1) is 12.9. The third-order valence-corrected chi connectivity index (χ3v) is 2.64. The number of phenols is 1. The van der Waals surface area contributed by atoms with Crippen molar-refractivity contribution in [1.82, 2.24) is 0 Å². The molecule has 0 heterocycles. The summed E-state index contributed by atoms with van der Waals surface area (Å²) in [7, 11) is 0. The molecule has 0 aliphatic heterocycles. The Bertz CT molecular complexity index is 641. The van der Waals surface area contributed by atoms with Crippen LogP contribution in [0.15, 0.2) is 36.4 Å². The normalized spacial score (nSPS) is 10.2. The van der Waals surface area contributed by atoms with Gasteiger partial charge in [-0.05, 0) is 42.8 Å². The lowest BCUT2D eigenvalue weighted by Gasteiger charge is -2.08. The van der Waals surface area contributed by atoms with Crippen LogP contribution in [0.1, 0.15) is 15.9 Å². The van der Waals surface area contributed by atoms with E-state index in [9.17, 15) is 14.3 Å². The fraction of sp³-hybridized carbons (Fsp3) is 0.0714. The molecule has 0 radical (unpaired) electrons. The van der Waals surface area contributed by atoms with Crippen molar-refractivity contribution >= 4 is 17.3 Å². The van der Waals surface area contributed by atoms with E-state index in [0.29, 0.717) is 0 Å². The average molecular weight is 260 g/mol. The Morgan fingerprint density at radius 3 is 2.63 bits per heavy atom. The molecule has 0 bridgehead atoms. The molecule has 0 aromatic heterocycles. The summed E-state index contributed by atoms with van der Waals surface area (Å²) in [6.07, 6.45) is 0. The van der Waals surface area contributed by atoms with Crippen molar-refractivity contribution in [2.45, 2.75) is 6.92 Å². The summed E-state index contributed by atoms with van der Waals surface area (Å²) in [6.45, 7) is 1.79. The summed E-state index contributed by atoms with van der Waals surface area (Å²) < 4.78 is 13.5. The molecule has 2 aromatic carbocycles. The summed E-state index contributed by atoms with van der Waals surface area (Å²) in [5.41, 5.74) is 6.61. The number of hydrogen-bond acceptors (Lipinski definition) is 3. The van der Waals surface area contributed by atoms with Crippen molar-refractivity contribution in [3.8, 4) is 5.75 Å². The first-order valence-electron chi connectivity index (χ1n) is 5.63. The van der Waals surface area contributed by atoms with Gasteiger partial charge in [0, 0.05) is 5.69 Å². The van der Waals surface area contributed by atoms with Crippen molar-refractivity contribution in [3.05, 3.63) is 53.3 Å². The maximum absolute atomic E-state index is 13.5. The Morgan fingerprint density at radius 1 is 1.26 bits per heavy atom. The second kappa shape index (κ2) is 4.97. The molecule has 0 aliphatic carbocycles. The molecule has 98 valence electrons. The van der Waals surface area contributed by atoms with Crippen LogP contribution in [0, 0.1) is 12.7 Å². The van der Waals surface area contributed by atoms with Gasteiger partial charge >= 0.3 is 0 Å². The number of amides is 1. The highest BCUT2D eigenvalue weighted by Crippen LogP contribution is 2.22. The number of nitrogens with two attached hydrogens (primary N) is 1. The molecular weight excluding hydrogens is 247 g/mol. The Morgan fingerprint density at radius 2 is 2.00 bits per heavy atom. The van der Waals surface area contributed by atoms with Gasteiger partial charge in [-0.15, -0.1) is 0 Å². The average Bonchev–Trinajstić information content (AvgIpc) is 2.32. The monoisotopic (exact) mass is 260 g/mol. The predicted molar refractivity (Wildman–Crippen MR) is 71.6 cm³/mol. The van der Waals surface area contributed by atoms with E-state index in [1.54, 1.807) is 13.0 Å². The van der Waals surface area contributed by atoms with E-state index in [2.05, 4.69) is 5.32 Å². The quantitative estimate of drug-likeness (QED) is 0.727. The van der Waals surface area contributed by atoms with Crippen molar-refractivity contribution in [1.29, 1.82) is 0 Å². The van der Waals surface area contributed by atoms with Gasteiger partial charge in [0.15, 0.2) is 0 Å². The number of anilines is 2. The van der Waals surface area contributed by atoms with Crippen LogP contribution in [-0.4, -0.2) is 11.0 Å². The van der Waals surface area contributed by atoms with Crippen LogP contribution >= 0.6 is 0 Å². The molecule has 19 heavy (non-hydrogen) atoms. The van der Waals surface area contributed by atoms with Gasteiger partial charge in [0.25, 0.3) is 5.91 Å². The van der Waals surface area contributed by atoms with Crippen LogP contribution in [0.3, 0.4) is 0 Å². The van der Waals surface area contributed by atoms with E-state index < -0.39 is 11.7 Å². The number of rotatable bonds is 2. The highest BCUT2D eigenvalue weighted by atomic mass is 19.1. The van der Waals surface area contributed by atoms with E-state index in [1.165, 1.54) is 24.3 Å². The molecule has 0 unspecified atom stereocenters. The van der Waals surface area contributed by atoms with Gasteiger partial charge in [0.05, 0.1) is 11.3 Å². The molecule has 4 N–H and O–H groups in total. The highest BCUT2D eigenvalue weighted by Gasteiger charge is 2.13. The smallest absolute Gasteiger partial charge is 0.259 e. The van der Waals surface area contributed by atoms with Crippen molar-refractivity contribution in [3.63, 3.8) is 0 Å². The molecule has 2 aromatic rings. The van der Waals surface area contributed by atoms with Gasteiger partial charge in [-0.25, -0.2) is 4.39 Å². The lowest BCUT2D eigenvalue weighted by Crippen LogP contribution is -2.13. The molecular formula is C14H13FN2O2. The number of halogens is 1. The fourth-order valence-corrected chi connectivity index (χ4v) is 1.66. The molecule has 2 rings (SSSR count). The van der Waals surface area contributed by atoms with E-state index >= 15 is 0 Å². The van der Waals surface area contributed by atoms with Crippen molar-refractivity contribution < 1.29 is 14.3 Å². The molecule has 0 atom stereocenters. The number of benzene rings is 2. The zero-order valence-corrected chi connectivity index (χ0v) is 10.3. The third-order valence-electron chi connectivity index (χ3n) is 2.64. The van der Waals surface area contributed by atoms with Crippen LogP contribution in [-0.2, 0) is 0 Å². The number of carbonyl (C=O) groups is 1. The Labute approximate surface area is 109 Å². The Kier molecular flexibility index (Phi) is 3.37. The van der Waals surface area contributed by atoms with Gasteiger partial charge in [0.2, 0.25) is 0 Å². The maximum Gasteiger partial charge on any atom is 0.259 e. The van der Waals surface area contributed by atoms with Gasteiger partial charge in [-0.3, -0.25) is 4.79 Å². The minimum atomic E-state index is -0.625. The van der Waals surface area contributed by atoms with Crippen molar-refractivity contribution in [2.24, 2.45) is 0 Å². The number of carbonyl (C=O) groups excluding carboxylic acids is 1. The molecule has 0 spiro atoms. The van der Waals surface area contributed by atoms with Gasteiger partial charge < -0.3 is 16.2 Å². The van der Waals surface area contributed by atoms with Crippen LogP contribution in [0.25, 0.3) is 0 Å². The second-order valence-electron chi connectivity index (χ2n) is 4.21. The summed E-state index contributed by atoms with van der Waals surface area (Å²) in [5, 5.41) is 12.1. The van der Waals surface area contributed by atoms with E-state index in [1.807, 2.05) is 0 Å². The lowest BCUT2D eigenvalue weighted by molar-refractivity contribution is 0.102. The van der Waals surface area contributed by atoms with Crippen LogP contribution in [0.4, 0.5) is 15.8 Å². The SMILES string of the molecule is Cc1ccc(C(=O)Nc2ccc(N)cc2F)c(O)c1. The minimum Gasteiger partial charge on any atom is -0.507 e. The molecule has 1 amide bonds. The number of aromatic hydroxyl groups is 1. The largest absolute Gasteiger partial charge is 0.507 e. The van der Waals surface area contributed by atoms with Gasteiger partial charge in [0.1, 0.15) is 11.6 Å². The molecule has 4 nitrogen and oxygen atoms in total. The Balaban J connectivity index is 2.25. The minimum absolute atomic E-state index is 0.0131. The summed E-state index contributed by atoms with van der Waals surface area (Å²) in [4.78, 5) is 11.9. The number of aryl methyl sites for hydroxylation is 1. The topological polar surface area (TPSA) is 75.4 Å². The molecule has 5 heteroatoms. The van der Waals surface area contributed by atoms with Crippen LogP contribution < -0.4 is 11.1 Å². The second-order valence-corrected chi connectivity index (χ2v) is 4.21. The molecule has 0 saturated heterocycles. The molecule has 0 aliphatic rings. The summed E-state index contributed by atoms with van der Waals surface area (Å²) >= 11 is 0. The maximum atomic E-state index is 13.5.